The first kappa shape index (κ1) is 12.3. The fourth-order valence-corrected chi connectivity index (χ4v) is 1.46. The van der Waals surface area contributed by atoms with Crippen LogP contribution in [0.5, 0.6) is 0 Å². The lowest BCUT2D eigenvalue weighted by atomic mass is 10.0. The molecule has 1 rings (SSSR count). The van der Waals surface area contributed by atoms with E-state index in [2.05, 4.69) is 24.1 Å². The molecule has 0 aliphatic rings. The Labute approximate surface area is 97.2 Å². The average Bonchev–Trinajstić information content (AvgIpc) is 2.23. The molecule has 0 aromatic heterocycles. The van der Waals surface area contributed by atoms with Gasteiger partial charge in [0.1, 0.15) is 0 Å². The van der Waals surface area contributed by atoms with Crippen LogP contribution in [0.15, 0.2) is 23.8 Å². The Morgan fingerprint density at radius 1 is 1.44 bits per heavy atom. The maximum absolute atomic E-state index is 11.5. The summed E-state index contributed by atoms with van der Waals surface area (Å²) in [6.07, 6.45) is 7.20. The van der Waals surface area contributed by atoms with Gasteiger partial charge in [-0.15, -0.1) is 6.42 Å². The second kappa shape index (κ2) is 5.32. The fourth-order valence-electron chi connectivity index (χ4n) is 1.46. The molecule has 82 valence electrons. The molecule has 0 aliphatic heterocycles. The molecule has 16 heavy (non-hydrogen) atoms. The van der Waals surface area contributed by atoms with Crippen molar-refractivity contribution in [2.75, 3.05) is 0 Å². The molecule has 1 aromatic rings. The van der Waals surface area contributed by atoms with Crippen molar-refractivity contribution in [3.05, 3.63) is 40.5 Å². The number of Topliss-reactive ketones (excluding diaryl/α,β-unsaturated/α-hetero) is 1. The maximum atomic E-state index is 11.5. The van der Waals surface area contributed by atoms with E-state index in [4.69, 9.17) is 6.42 Å². The van der Waals surface area contributed by atoms with Gasteiger partial charge in [-0.2, -0.15) is 0 Å². The van der Waals surface area contributed by atoms with Crippen molar-refractivity contribution in [2.24, 2.45) is 0 Å². The highest BCUT2D eigenvalue weighted by molar-refractivity contribution is 6.00. The summed E-state index contributed by atoms with van der Waals surface area (Å²) in [5.74, 6) is 2.39. The molecule has 0 fully saturated rings. The number of ketones is 1. The Kier molecular flexibility index (Phi) is 4.08. The molecule has 0 saturated carbocycles. The molecule has 0 atom stereocenters. The molecule has 0 aliphatic carbocycles. The molecule has 1 heteroatoms. The first-order valence-corrected chi connectivity index (χ1v) is 5.27. The molecule has 0 amide bonds. The zero-order chi connectivity index (χ0) is 12.1. The number of carbonyl (C=O) groups is 1. The summed E-state index contributed by atoms with van der Waals surface area (Å²) in [5, 5.41) is 0. The van der Waals surface area contributed by atoms with Crippen LogP contribution >= 0.6 is 0 Å². The SMILES string of the molecule is C#CCC(=O)/C(C)=C/c1cc(C)ccc1C. The Balaban J connectivity index is 3.03. The molecule has 1 nitrogen and oxygen atoms in total. The van der Waals surface area contributed by atoms with Crippen molar-refractivity contribution in [1.29, 1.82) is 0 Å². The molecule has 0 bridgehead atoms. The highest BCUT2D eigenvalue weighted by Gasteiger charge is 2.03. The maximum Gasteiger partial charge on any atom is 0.170 e. The third-order valence-electron chi connectivity index (χ3n) is 2.51. The van der Waals surface area contributed by atoms with E-state index < -0.39 is 0 Å². The van der Waals surface area contributed by atoms with Crippen molar-refractivity contribution >= 4 is 11.9 Å². The number of aryl methyl sites for hydroxylation is 2. The Morgan fingerprint density at radius 2 is 2.12 bits per heavy atom. The van der Waals surface area contributed by atoms with E-state index in [9.17, 15) is 4.79 Å². The predicted octanol–water partition coefficient (Wildman–Crippen LogP) is 3.30. The summed E-state index contributed by atoms with van der Waals surface area (Å²) in [6.45, 7) is 5.88. The first-order valence-electron chi connectivity index (χ1n) is 5.27. The number of allylic oxidation sites excluding steroid dienone is 1. The molecule has 0 spiro atoms. The van der Waals surface area contributed by atoms with Gasteiger partial charge in [-0.1, -0.05) is 29.7 Å². The van der Waals surface area contributed by atoms with Crippen molar-refractivity contribution in [1.82, 2.24) is 0 Å². The second-order valence-corrected chi connectivity index (χ2v) is 3.99. The number of hydrogen-bond donors (Lipinski definition) is 0. The Morgan fingerprint density at radius 3 is 2.75 bits per heavy atom. The average molecular weight is 212 g/mol. The quantitative estimate of drug-likeness (QED) is 0.555. The summed E-state index contributed by atoms with van der Waals surface area (Å²) in [6, 6.07) is 6.19. The highest BCUT2D eigenvalue weighted by atomic mass is 16.1. The number of carbonyl (C=O) groups excluding carboxylic acids is 1. The van der Waals surface area contributed by atoms with Crippen LogP contribution in [0.25, 0.3) is 6.08 Å². The van der Waals surface area contributed by atoms with Gasteiger partial charge in [0, 0.05) is 0 Å². The lowest BCUT2D eigenvalue weighted by Crippen LogP contribution is -1.97. The molecule has 0 N–H and O–H groups in total. The molecular weight excluding hydrogens is 196 g/mol. The highest BCUT2D eigenvalue weighted by Crippen LogP contribution is 2.15. The third-order valence-corrected chi connectivity index (χ3v) is 2.51. The van der Waals surface area contributed by atoms with Crippen LogP contribution in [0.4, 0.5) is 0 Å². The van der Waals surface area contributed by atoms with Crippen LogP contribution < -0.4 is 0 Å². The van der Waals surface area contributed by atoms with Gasteiger partial charge >= 0.3 is 0 Å². The first-order chi connectivity index (χ1) is 7.54. The Hall–Kier alpha value is -1.81. The largest absolute Gasteiger partial charge is 0.293 e. The number of benzene rings is 1. The molecule has 0 unspecified atom stereocenters. The van der Waals surface area contributed by atoms with E-state index >= 15 is 0 Å². The van der Waals surface area contributed by atoms with Crippen LogP contribution in [-0.2, 0) is 4.79 Å². The summed E-state index contributed by atoms with van der Waals surface area (Å²) in [7, 11) is 0. The van der Waals surface area contributed by atoms with E-state index in [0.29, 0.717) is 5.57 Å². The molecule has 0 heterocycles. The summed E-state index contributed by atoms with van der Waals surface area (Å²) in [4.78, 5) is 11.5. The zero-order valence-corrected chi connectivity index (χ0v) is 10.0. The summed E-state index contributed by atoms with van der Waals surface area (Å²) in [5.41, 5.74) is 4.15. The van der Waals surface area contributed by atoms with Crippen molar-refractivity contribution in [3.63, 3.8) is 0 Å². The number of rotatable bonds is 3. The van der Waals surface area contributed by atoms with Crippen molar-refractivity contribution < 1.29 is 4.79 Å². The van der Waals surface area contributed by atoms with Gasteiger partial charge in [-0.3, -0.25) is 4.79 Å². The molecule has 1 aromatic carbocycles. The molecule has 0 radical (unpaired) electrons. The number of hydrogen-bond acceptors (Lipinski definition) is 1. The topological polar surface area (TPSA) is 17.1 Å². The standard InChI is InChI=1S/C15H16O/c1-5-6-15(16)13(4)10-14-9-11(2)7-8-12(14)3/h1,7-10H,6H2,2-4H3/b13-10+. The third kappa shape index (κ3) is 3.10. The van der Waals surface area contributed by atoms with Crippen molar-refractivity contribution in [2.45, 2.75) is 27.2 Å². The minimum Gasteiger partial charge on any atom is -0.293 e. The summed E-state index contributed by atoms with van der Waals surface area (Å²) < 4.78 is 0. The van der Waals surface area contributed by atoms with Crippen LogP contribution in [0, 0.1) is 26.2 Å². The predicted molar refractivity (Wildman–Crippen MR) is 68.0 cm³/mol. The van der Waals surface area contributed by atoms with Gasteiger partial charge in [0.15, 0.2) is 5.78 Å². The fraction of sp³-hybridized carbons (Fsp3) is 0.267. The van der Waals surface area contributed by atoms with Gasteiger partial charge in [0.05, 0.1) is 6.42 Å². The molecular formula is C15H16O. The number of terminal acetylenes is 1. The van der Waals surface area contributed by atoms with Gasteiger partial charge in [0.25, 0.3) is 0 Å². The zero-order valence-electron chi connectivity index (χ0n) is 10.0. The van der Waals surface area contributed by atoms with E-state index in [1.165, 1.54) is 11.1 Å². The second-order valence-electron chi connectivity index (χ2n) is 3.99. The van der Waals surface area contributed by atoms with Crippen LogP contribution in [-0.4, -0.2) is 5.78 Å². The van der Waals surface area contributed by atoms with Gasteiger partial charge in [-0.25, -0.2) is 0 Å². The van der Waals surface area contributed by atoms with Crippen LogP contribution in [0.2, 0.25) is 0 Å². The lowest BCUT2D eigenvalue weighted by Gasteiger charge is -2.03. The van der Waals surface area contributed by atoms with Crippen LogP contribution in [0.1, 0.15) is 30.0 Å². The smallest absolute Gasteiger partial charge is 0.170 e. The van der Waals surface area contributed by atoms with Crippen LogP contribution in [0.3, 0.4) is 0 Å². The van der Waals surface area contributed by atoms with Gasteiger partial charge in [-0.05, 0) is 43.5 Å². The minimum absolute atomic E-state index is 0.0170. The normalized spacial score (nSPS) is 11.0. The van der Waals surface area contributed by atoms with Gasteiger partial charge < -0.3 is 0 Å². The molecule has 0 saturated heterocycles. The lowest BCUT2D eigenvalue weighted by molar-refractivity contribution is -0.114. The van der Waals surface area contributed by atoms with Crippen molar-refractivity contribution in [3.8, 4) is 12.3 Å². The van der Waals surface area contributed by atoms with E-state index in [0.717, 1.165) is 5.56 Å². The van der Waals surface area contributed by atoms with Gasteiger partial charge in [0.2, 0.25) is 0 Å². The minimum atomic E-state index is 0.0170. The van der Waals surface area contributed by atoms with E-state index in [1.54, 1.807) is 6.92 Å². The van der Waals surface area contributed by atoms with E-state index in [1.807, 2.05) is 19.9 Å². The van der Waals surface area contributed by atoms with E-state index in [-0.39, 0.29) is 12.2 Å². The Bertz CT molecular complexity index is 473. The monoisotopic (exact) mass is 212 g/mol. The summed E-state index contributed by atoms with van der Waals surface area (Å²) >= 11 is 0.